The molecule has 4 nitrogen and oxygen atoms in total. The van der Waals surface area contributed by atoms with E-state index in [9.17, 15) is 18.0 Å². The van der Waals surface area contributed by atoms with E-state index in [1.807, 2.05) is 0 Å². The van der Waals surface area contributed by atoms with Crippen molar-refractivity contribution in [1.82, 2.24) is 9.97 Å². The van der Waals surface area contributed by atoms with Crippen LogP contribution in [0.25, 0.3) is 0 Å². The van der Waals surface area contributed by atoms with Gasteiger partial charge in [-0.05, 0) is 6.42 Å². The van der Waals surface area contributed by atoms with Gasteiger partial charge in [0.2, 0.25) is 0 Å². The lowest BCUT2D eigenvalue weighted by atomic mass is 10.1. The van der Waals surface area contributed by atoms with Crippen LogP contribution in [0.5, 0.6) is 0 Å². The van der Waals surface area contributed by atoms with Crippen molar-refractivity contribution in [2.45, 2.75) is 19.0 Å². The number of carbonyl (C=O) groups excluding carboxylic acids is 1. The van der Waals surface area contributed by atoms with Crippen LogP contribution in [0.3, 0.4) is 0 Å². The SMILES string of the molecule is O=C1CCCN(c2cnc(C(F)(F)F)cn2)C1. The standard InChI is InChI=1S/C10H10F3N3O/c11-10(12,13)8-4-15-9(5-14-8)16-3-1-2-7(17)6-16/h4-5H,1-3,6H2. The Hall–Kier alpha value is -1.66. The molecule has 1 saturated heterocycles. The third-order valence-corrected chi connectivity index (χ3v) is 2.50. The Labute approximate surface area is 95.5 Å². The van der Waals surface area contributed by atoms with E-state index in [1.54, 1.807) is 4.90 Å². The maximum Gasteiger partial charge on any atom is 0.434 e. The van der Waals surface area contributed by atoms with E-state index in [0.717, 1.165) is 6.20 Å². The maximum absolute atomic E-state index is 12.3. The Morgan fingerprint density at radius 2 is 2.00 bits per heavy atom. The first-order valence-electron chi connectivity index (χ1n) is 5.13. The highest BCUT2D eigenvalue weighted by molar-refractivity contribution is 5.84. The quantitative estimate of drug-likeness (QED) is 0.755. The van der Waals surface area contributed by atoms with Gasteiger partial charge in [0, 0.05) is 13.0 Å². The van der Waals surface area contributed by atoms with Gasteiger partial charge in [0.15, 0.2) is 11.5 Å². The van der Waals surface area contributed by atoms with Crippen LogP contribution in [0, 0.1) is 0 Å². The van der Waals surface area contributed by atoms with Gasteiger partial charge < -0.3 is 4.90 Å². The summed E-state index contributed by atoms with van der Waals surface area (Å²) in [4.78, 5) is 19.8. The fraction of sp³-hybridized carbons (Fsp3) is 0.500. The second-order valence-electron chi connectivity index (χ2n) is 3.82. The predicted octanol–water partition coefficient (Wildman–Crippen LogP) is 1.66. The minimum atomic E-state index is -4.48. The van der Waals surface area contributed by atoms with Gasteiger partial charge in [-0.2, -0.15) is 13.2 Å². The number of ketones is 1. The molecule has 0 bridgehead atoms. The van der Waals surface area contributed by atoms with Crippen molar-refractivity contribution in [2.75, 3.05) is 18.0 Å². The third-order valence-electron chi connectivity index (χ3n) is 2.50. The number of rotatable bonds is 1. The number of anilines is 1. The molecular weight excluding hydrogens is 235 g/mol. The van der Waals surface area contributed by atoms with Crippen molar-refractivity contribution < 1.29 is 18.0 Å². The van der Waals surface area contributed by atoms with Crippen molar-refractivity contribution >= 4 is 11.6 Å². The first-order chi connectivity index (χ1) is 7.97. The smallest absolute Gasteiger partial charge is 0.348 e. The molecule has 0 radical (unpaired) electrons. The summed E-state index contributed by atoms with van der Waals surface area (Å²) in [6, 6.07) is 0. The van der Waals surface area contributed by atoms with Gasteiger partial charge in [-0.3, -0.25) is 4.79 Å². The zero-order valence-corrected chi connectivity index (χ0v) is 8.87. The molecule has 7 heteroatoms. The highest BCUT2D eigenvalue weighted by Gasteiger charge is 2.33. The highest BCUT2D eigenvalue weighted by Crippen LogP contribution is 2.27. The fourth-order valence-electron chi connectivity index (χ4n) is 1.66. The van der Waals surface area contributed by atoms with Gasteiger partial charge in [-0.15, -0.1) is 0 Å². The van der Waals surface area contributed by atoms with Crippen LogP contribution in [0.15, 0.2) is 12.4 Å². The number of Topliss-reactive ketones (excluding diaryl/α,β-unsaturated/α-hetero) is 1. The number of piperidine rings is 1. The number of hydrogen-bond donors (Lipinski definition) is 0. The molecule has 1 aromatic rings. The Balaban J connectivity index is 2.15. The first-order valence-corrected chi connectivity index (χ1v) is 5.13. The number of carbonyl (C=O) groups is 1. The van der Waals surface area contributed by atoms with Crippen LogP contribution in [0.4, 0.5) is 19.0 Å². The Kier molecular flexibility index (Phi) is 2.99. The lowest BCUT2D eigenvalue weighted by Crippen LogP contribution is -2.36. The van der Waals surface area contributed by atoms with Crippen LogP contribution in [0.1, 0.15) is 18.5 Å². The second kappa shape index (κ2) is 4.31. The Bertz CT molecular complexity index is 416. The molecule has 1 aromatic heterocycles. The topological polar surface area (TPSA) is 46.1 Å². The Morgan fingerprint density at radius 1 is 1.24 bits per heavy atom. The zero-order valence-electron chi connectivity index (χ0n) is 8.87. The summed E-state index contributed by atoms with van der Waals surface area (Å²) in [6.07, 6.45) is -1.52. The third kappa shape index (κ3) is 2.72. The molecule has 92 valence electrons. The second-order valence-corrected chi connectivity index (χ2v) is 3.82. The molecule has 0 atom stereocenters. The van der Waals surface area contributed by atoms with E-state index >= 15 is 0 Å². The zero-order chi connectivity index (χ0) is 12.5. The molecule has 1 aliphatic heterocycles. The minimum Gasteiger partial charge on any atom is -0.348 e. The van der Waals surface area contributed by atoms with E-state index in [2.05, 4.69) is 9.97 Å². The van der Waals surface area contributed by atoms with Crippen molar-refractivity contribution in [2.24, 2.45) is 0 Å². The number of aromatic nitrogens is 2. The average Bonchev–Trinajstić information content (AvgIpc) is 2.28. The number of hydrogen-bond acceptors (Lipinski definition) is 4. The summed E-state index contributed by atoms with van der Waals surface area (Å²) < 4.78 is 36.8. The van der Waals surface area contributed by atoms with Gasteiger partial charge in [0.05, 0.1) is 18.9 Å². The van der Waals surface area contributed by atoms with Crippen molar-refractivity contribution in [3.05, 3.63) is 18.1 Å². The van der Waals surface area contributed by atoms with E-state index in [4.69, 9.17) is 0 Å². The molecule has 0 aliphatic carbocycles. The van der Waals surface area contributed by atoms with Gasteiger partial charge in [0.25, 0.3) is 0 Å². The molecule has 0 N–H and O–H groups in total. The predicted molar refractivity (Wildman–Crippen MR) is 53.5 cm³/mol. The lowest BCUT2D eigenvalue weighted by Gasteiger charge is -2.26. The summed E-state index contributed by atoms with van der Waals surface area (Å²) >= 11 is 0. The molecule has 1 aliphatic rings. The molecular formula is C10H10F3N3O. The molecule has 17 heavy (non-hydrogen) atoms. The first kappa shape index (κ1) is 11.8. The average molecular weight is 245 g/mol. The van der Waals surface area contributed by atoms with Gasteiger partial charge in [-0.25, -0.2) is 9.97 Å². The molecule has 0 unspecified atom stereocenters. The number of nitrogens with zero attached hydrogens (tertiary/aromatic N) is 3. The van der Waals surface area contributed by atoms with Crippen LogP contribution < -0.4 is 4.90 Å². The van der Waals surface area contributed by atoms with Crippen molar-refractivity contribution in [1.29, 1.82) is 0 Å². The normalized spacial score (nSPS) is 17.4. The van der Waals surface area contributed by atoms with Crippen LogP contribution in [-0.4, -0.2) is 28.8 Å². The van der Waals surface area contributed by atoms with Crippen LogP contribution >= 0.6 is 0 Å². The van der Waals surface area contributed by atoms with Crippen molar-refractivity contribution in [3.63, 3.8) is 0 Å². The number of halogens is 3. The monoisotopic (exact) mass is 245 g/mol. The molecule has 2 heterocycles. The van der Waals surface area contributed by atoms with Crippen LogP contribution in [-0.2, 0) is 11.0 Å². The molecule has 2 rings (SSSR count). The lowest BCUT2D eigenvalue weighted by molar-refractivity contribution is -0.141. The van der Waals surface area contributed by atoms with E-state index < -0.39 is 11.9 Å². The maximum atomic E-state index is 12.3. The fourth-order valence-corrected chi connectivity index (χ4v) is 1.66. The summed E-state index contributed by atoms with van der Waals surface area (Å²) in [5, 5.41) is 0. The Morgan fingerprint density at radius 3 is 2.53 bits per heavy atom. The molecule has 0 amide bonds. The highest BCUT2D eigenvalue weighted by atomic mass is 19.4. The molecule has 1 fully saturated rings. The van der Waals surface area contributed by atoms with E-state index in [1.165, 1.54) is 0 Å². The van der Waals surface area contributed by atoms with Gasteiger partial charge in [0.1, 0.15) is 5.82 Å². The summed E-state index contributed by atoms with van der Waals surface area (Å²) in [5.74, 6) is 0.379. The molecule has 0 saturated carbocycles. The van der Waals surface area contributed by atoms with Gasteiger partial charge in [-0.1, -0.05) is 0 Å². The summed E-state index contributed by atoms with van der Waals surface area (Å²) in [5.41, 5.74) is -1.02. The minimum absolute atomic E-state index is 0.0675. The summed E-state index contributed by atoms with van der Waals surface area (Å²) in [6.45, 7) is 0.811. The van der Waals surface area contributed by atoms with Crippen molar-refractivity contribution in [3.8, 4) is 0 Å². The van der Waals surface area contributed by atoms with E-state index in [0.29, 0.717) is 31.4 Å². The van der Waals surface area contributed by atoms with Crippen LogP contribution in [0.2, 0.25) is 0 Å². The largest absolute Gasteiger partial charge is 0.434 e. The number of alkyl halides is 3. The van der Waals surface area contributed by atoms with E-state index in [-0.39, 0.29) is 12.3 Å². The summed E-state index contributed by atoms with van der Waals surface area (Å²) in [7, 11) is 0. The molecule has 0 aromatic carbocycles. The van der Waals surface area contributed by atoms with Gasteiger partial charge >= 0.3 is 6.18 Å². The molecule has 0 spiro atoms.